The van der Waals surface area contributed by atoms with Crippen LogP contribution in [0.1, 0.15) is 32.9 Å². The molecule has 0 radical (unpaired) electrons. The number of carboxylic acids is 1. The molecule has 12 N–H and O–H groups in total. The molecule has 2 aromatic heterocycles. The van der Waals surface area contributed by atoms with E-state index in [0.717, 1.165) is 17.2 Å². The first-order chi connectivity index (χ1) is 25.8. The topological polar surface area (TPSA) is 421 Å². The predicted molar refractivity (Wildman–Crippen MR) is 185 cm³/mol. The Kier molecular flexibility index (Phi) is 16.6. The van der Waals surface area contributed by atoms with Crippen molar-refractivity contribution in [2.75, 3.05) is 37.8 Å². The van der Waals surface area contributed by atoms with Crippen molar-refractivity contribution < 1.29 is 95.5 Å². The van der Waals surface area contributed by atoms with Gasteiger partial charge in [-0.3, -0.25) is 32.5 Å². The highest BCUT2D eigenvalue weighted by Crippen LogP contribution is 2.61. The molecule has 0 saturated carbocycles. The van der Waals surface area contributed by atoms with Gasteiger partial charge in [-0.05, 0) is 0 Å². The van der Waals surface area contributed by atoms with Gasteiger partial charge in [0, 0.05) is 30.7 Å². The molecule has 316 valence electrons. The Morgan fingerprint density at radius 3 is 2.34 bits per heavy atom. The van der Waals surface area contributed by atoms with Gasteiger partial charge in [0.2, 0.25) is 11.8 Å². The minimum Gasteiger partial charge on any atom is -0.479 e. The number of hydrogen-bond donors (Lipinski definition) is 11. The Labute approximate surface area is 319 Å². The van der Waals surface area contributed by atoms with Crippen molar-refractivity contribution in [3.63, 3.8) is 0 Å². The normalized spacial score (nSPS) is 22.2. The molecule has 2 amide bonds. The largest absolute Gasteiger partial charge is 0.481 e. The van der Waals surface area contributed by atoms with Gasteiger partial charge in [-0.2, -0.15) is 4.31 Å². The lowest BCUT2D eigenvalue weighted by molar-refractivity contribution is -0.148. The number of aliphatic hydroxyl groups excluding tert-OH is 3. The number of nitrogens with one attached hydrogen (secondary N) is 2. The van der Waals surface area contributed by atoms with E-state index in [0.29, 0.717) is 11.8 Å². The van der Waals surface area contributed by atoms with E-state index in [1.807, 2.05) is 0 Å². The second-order valence-electron chi connectivity index (χ2n) is 12.3. The zero-order valence-electron chi connectivity index (χ0n) is 29.2. The lowest BCUT2D eigenvalue weighted by Crippen LogP contribution is -2.46. The second kappa shape index (κ2) is 19.6. The van der Waals surface area contributed by atoms with Crippen LogP contribution in [0.15, 0.2) is 12.7 Å². The van der Waals surface area contributed by atoms with Gasteiger partial charge < -0.3 is 61.1 Å². The van der Waals surface area contributed by atoms with Crippen LogP contribution in [0.4, 0.5) is 5.82 Å². The minimum atomic E-state index is -5.60. The zero-order chi connectivity index (χ0) is 42.2. The fraction of sp³-hybridized carbons (Fsp3) is 0.640. The number of amides is 2. The summed E-state index contributed by atoms with van der Waals surface area (Å²) in [7, 11) is -16.5. The summed E-state index contributed by atoms with van der Waals surface area (Å²) in [5.41, 5.74) is 4.17. The SMILES string of the molecule is CC(C)(COP(=O)(O)OP(=O)(O)OC[C@H]1O[C@@H](n2cnc3c(N)ncnc32)[C@H](O)[C@@H]1OP(=O)(O)O)C(O)C(=O)NCCC(=O)NCCSC(=O)C[C@H](O)C(=O)O. The van der Waals surface area contributed by atoms with Crippen molar-refractivity contribution >= 4 is 75.1 Å². The molecule has 2 aromatic rings. The average molecular weight is 884 g/mol. The number of nitrogens with zero attached hydrogens (tertiary/aromatic N) is 4. The van der Waals surface area contributed by atoms with E-state index in [-0.39, 0.29) is 42.2 Å². The molecule has 1 saturated heterocycles. The van der Waals surface area contributed by atoms with Crippen LogP contribution >= 0.6 is 35.2 Å². The van der Waals surface area contributed by atoms with Crippen LogP contribution in [0.5, 0.6) is 0 Å². The number of aliphatic carboxylic acids is 1. The summed E-state index contributed by atoms with van der Waals surface area (Å²) in [4.78, 5) is 97.5. The molecule has 0 aliphatic carbocycles. The Morgan fingerprint density at radius 1 is 1.04 bits per heavy atom. The van der Waals surface area contributed by atoms with Crippen molar-refractivity contribution in [1.82, 2.24) is 30.2 Å². The highest BCUT2D eigenvalue weighted by molar-refractivity contribution is 8.13. The van der Waals surface area contributed by atoms with Crippen LogP contribution < -0.4 is 16.4 Å². The maximum Gasteiger partial charge on any atom is 0.481 e. The molecule has 27 nitrogen and oxygen atoms in total. The standard InChI is InChI=1S/C25H40N7O20P3S/c1-25(2,19(37)22(38)28-4-3-14(34)27-5-6-56-15(35)7-12(33)24(39)40)9-49-55(46,47)52-54(44,45)48-8-13-18(51-53(41,42)43)17(36)23(50-13)32-11-31-16-20(26)29-10-30-21(16)32/h10-13,17-19,23,33,36-37H,3-9H2,1-2H3,(H,27,34)(H,28,38)(H,39,40)(H,44,45)(H,46,47)(H2,26,29,30)(H2,41,42,43)/t12-,13+,17+,18+,19?,23+/m0/s1. The van der Waals surface area contributed by atoms with Crippen LogP contribution in [-0.4, -0.2) is 145 Å². The first-order valence-electron chi connectivity index (χ1n) is 15.8. The first-order valence-corrected chi connectivity index (χ1v) is 21.3. The minimum absolute atomic E-state index is 0.00567. The van der Waals surface area contributed by atoms with Gasteiger partial charge in [0.25, 0.3) is 0 Å². The van der Waals surface area contributed by atoms with Gasteiger partial charge in [0.1, 0.15) is 36.3 Å². The molecule has 0 spiro atoms. The van der Waals surface area contributed by atoms with Crippen molar-refractivity contribution in [1.29, 1.82) is 0 Å². The second-order valence-corrected chi connectivity index (χ2v) is 17.7. The summed E-state index contributed by atoms with van der Waals surface area (Å²) in [5.74, 6) is -3.15. The Hall–Kier alpha value is -3.01. The number of ether oxygens (including phenoxy) is 1. The number of phosphoric ester groups is 3. The van der Waals surface area contributed by atoms with Gasteiger partial charge in [-0.25, -0.2) is 33.4 Å². The quantitative estimate of drug-likeness (QED) is 0.0430. The van der Waals surface area contributed by atoms with Crippen LogP contribution in [0.3, 0.4) is 0 Å². The number of carbonyl (C=O) groups excluding carboxylic acids is 3. The number of rotatable bonds is 22. The molecule has 1 aliphatic heterocycles. The number of aromatic nitrogens is 4. The molecule has 3 heterocycles. The third-order valence-corrected chi connectivity index (χ3v) is 11.4. The number of nitrogen functional groups attached to an aromatic ring is 1. The molecule has 0 bridgehead atoms. The monoisotopic (exact) mass is 883 g/mol. The number of imidazole rings is 1. The van der Waals surface area contributed by atoms with Gasteiger partial charge in [0.15, 0.2) is 28.9 Å². The number of carboxylic acid groups (broad SMARTS) is 1. The van der Waals surface area contributed by atoms with E-state index >= 15 is 0 Å². The van der Waals surface area contributed by atoms with E-state index in [1.165, 1.54) is 13.8 Å². The number of thioether (sulfide) groups is 1. The number of anilines is 1. The average Bonchev–Trinajstić information content (AvgIpc) is 3.64. The molecule has 3 unspecified atom stereocenters. The molecule has 0 aromatic carbocycles. The zero-order valence-corrected chi connectivity index (χ0v) is 32.7. The number of fused-ring (bicyclic) bond motifs is 1. The number of hydrogen-bond acceptors (Lipinski definition) is 20. The van der Waals surface area contributed by atoms with Crippen LogP contribution in [0.25, 0.3) is 11.2 Å². The maximum atomic E-state index is 12.6. The van der Waals surface area contributed by atoms with Crippen molar-refractivity contribution in [3.05, 3.63) is 12.7 Å². The highest BCUT2D eigenvalue weighted by atomic mass is 32.2. The Balaban J connectivity index is 1.48. The smallest absolute Gasteiger partial charge is 0.479 e. The van der Waals surface area contributed by atoms with Crippen LogP contribution in [-0.2, 0) is 55.5 Å². The molecule has 3 rings (SSSR count). The number of phosphoric acid groups is 3. The summed E-state index contributed by atoms with van der Waals surface area (Å²) < 4.78 is 61.9. The van der Waals surface area contributed by atoms with Crippen molar-refractivity contribution in [2.24, 2.45) is 5.41 Å². The number of aliphatic hydroxyl groups is 3. The van der Waals surface area contributed by atoms with Gasteiger partial charge in [-0.1, -0.05) is 25.6 Å². The lowest BCUT2D eigenvalue weighted by atomic mass is 9.87. The van der Waals surface area contributed by atoms with E-state index in [4.69, 9.17) is 29.7 Å². The molecule has 1 fully saturated rings. The summed E-state index contributed by atoms with van der Waals surface area (Å²) in [6, 6.07) is 0. The predicted octanol–water partition coefficient (Wildman–Crippen LogP) is -2.50. The van der Waals surface area contributed by atoms with Crippen LogP contribution in [0, 0.1) is 5.41 Å². The molecular weight excluding hydrogens is 843 g/mol. The third kappa shape index (κ3) is 14.1. The molecular formula is C25H40N7O20P3S. The lowest BCUT2D eigenvalue weighted by Gasteiger charge is -2.30. The molecule has 8 atom stereocenters. The highest BCUT2D eigenvalue weighted by Gasteiger charge is 2.50. The first kappa shape index (κ1) is 47.4. The number of carbonyl (C=O) groups is 4. The van der Waals surface area contributed by atoms with Gasteiger partial charge in [-0.15, -0.1) is 0 Å². The summed E-state index contributed by atoms with van der Waals surface area (Å²) >= 11 is 0.693. The summed E-state index contributed by atoms with van der Waals surface area (Å²) in [6.45, 7) is 0.0347. The maximum absolute atomic E-state index is 12.6. The van der Waals surface area contributed by atoms with Crippen molar-refractivity contribution in [3.8, 4) is 0 Å². The van der Waals surface area contributed by atoms with E-state index in [9.17, 15) is 62.7 Å². The molecule has 31 heteroatoms. The van der Waals surface area contributed by atoms with Gasteiger partial charge >= 0.3 is 29.4 Å². The van der Waals surface area contributed by atoms with Crippen molar-refractivity contribution in [2.45, 2.75) is 63.4 Å². The van der Waals surface area contributed by atoms with E-state index in [1.54, 1.807) is 0 Å². The molecule has 56 heavy (non-hydrogen) atoms. The van der Waals surface area contributed by atoms with Gasteiger partial charge in [0.05, 0.1) is 26.0 Å². The van der Waals surface area contributed by atoms with Crippen LogP contribution in [0.2, 0.25) is 0 Å². The fourth-order valence-electron chi connectivity index (χ4n) is 4.60. The summed E-state index contributed by atoms with van der Waals surface area (Å²) in [6.07, 6.45) is -9.65. The Bertz CT molecular complexity index is 1880. The Morgan fingerprint density at radius 2 is 1.70 bits per heavy atom. The number of nitrogens with two attached hydrogens (primary N) is 1. The summed E-state index contributed by atoms with van der Waals surface area (Å²) in [5, 5.41) is 43.2. The fourth-order valence-corrected chi connectivity index (χ4v) is 8.14. The molecule has 1 aliphatic rings. The van der Waals surface area contributed by atoms with E-state index < -0.39 is 108 Å². The third-order valence-electron chi connectivity index (χ3n) is 7.41. The van der Waals surface area contributed by atoms with E-state index in [2.05, 4.69) is 34.4 Å².